The average Bonchev–Trinajstić information content (AvgIpc) is 3.33. The molecule has 2 bridgehead atoms. The number of allylic oxidation sites excluding steroid dienone is 2. The van der Waals surface area contributed by atoms with Gasteiger partial charge in [-0.25, -0.2) is 0 Å². The first-order valence-electron chi connectivity index (χ1n) is 11.6. The van der Waals surface area contributed by atoms with Crippen molar-refractivity contribution < 1.29 is 14.7 Å². The van der Waals surface area contributed by atoms with Crippen LogP contribution in [0.15, 0.2) is 42.5 Å². The van der Waals surface area contributed by atoms with Crippen LogP contribution in [0.3, 0.4) is 0 Å². The van der Waals surface area contributed by atoms with Crippen LogP contribution in [0.25, 0.3) is 0 Å². The number of likely N-dealkylation sites (tertiary alicyclic amines) is 1. The van der Waals surface area contributed by atoms with Crippen molar-refractivity contribution in [3.05, 3.63) is 48.0 Å². The van der Waals surface area contributed by atoms with E-state index in [0.717, 1.165) is 23.8 Å². The van der Waals surface area contributed by atoms with Gasteiger partial charge in [-0.15, -0.1) is 0 Å². The molecule has 5 rings (SSSR count). The summed E-state index contributed by atoms with van der Waals surface area (Å²) in [6, 6.07) is 12.0. The smallest absolute Gasteiger partial charge is 0.127 e. The summed E-state index contributed by atoms with van der Waals surface area (Å²) >= 11 is 0. The van der Waals surface area contributed by atoms with Crippen LogP contribution in [0, 0.1) is 17.8 Å². The quantitative estimate of drug-likeness (QED) is 0.565. The molecular weight excluding hydrogens is 330 g/mol. The molecule has 1 saturated carbocycles. The second-order valence-corrected chi connectivity index (χ2v) is 9.84. The molecule has 1 aromatic rings. The molecule has 2 aliphatic heterocycles. The molecule has 0 aromatic heterocycles. The van der Waals surface area contributed by atoms with E-state index in [4.69, 9.17) is 0 Å². The van der Waals surface area contributed by atoms with Gasteiger partial charge in [-0.2, -0.15) is 0 Å². The minimum atomic E-state index is 0.935. The van der Waals surface area contributed by atoms with Crippen LogP contribution < -0.4 is 14.7 Å². The molecule has 3 fully saturated rings. The van der Waals surface area contributed by atoms with Crippen LogP contribution in [0.5, 0.6) is 0 Å². The number of benzene rings is 1. The van der Waals surface area contributed by atoms with E-state index in [0.29, 0.717) is 0 Å². The van der Waals surface area contributed by atoms with Crippen LogP contribution >= 0.6 is 0 Å². The molecule has 146 valence electrons. The van der Waals surface area contributed by atoms with E-state index in [1.807, 2.05) is 9.80 Å². The SMILES string of the molecule is C1=C[C@H]2C[C@H]1C[C@H]2C[NH+]1CC[NH+](C2CC[NH+](Cc3ccccc3)CC2)CC1. The normalized spacial score (nSPS) is 41.1. The van der Waals surface area contributed by atoms with Gasteiger partial charge < -0.3 is 14.7 Å². The molecule has 2 heterocycles. The number of hydrogen-bond acceptors (Lipinski definition) is 0. The van der Waals surface area contributed by atoms with Crippen molar-refractivity contribution in [2.75, 3.05) is 45.8 Å². The zero-order valence-corrected chi connectivity index (χ0v) is 16.8. The Hall–Kier alpha value is -1.16. The Bertz CT molecular complexity index is 626. The van der Waals surface area contributed by atoms with Gasteiger partial charge in [-0.3, -0.25) is 0 Å². The molecule has 3 N–H and O–H groups in total. The number of nitrogens with one attached hydrogen (secondary N) is 3. The molecule has 3 nitrogen and oxygen atoms in total. The van der Waals surface area contributed by atoms with Crippen molar-refractivity contribution in [3.63, 3.8) is 0 Å². The highest BCUT2D eigenvalue weighted by molar-refractivity contribution is 5.13. The van der Waals surface area contributed by atoms with E-state index < -0.39 is 0 Å². The molecule has 3 atom stereocenters. The summed E-state index contributed by atoms with van der Waals surface area (Å²) in [5, 5.41) is 0. The van der Waals surface area contributed by atoms with E-state index in [9.17, 15) is 0 Å². The minimum Gasteiger partial charge on any atom is -0.331 e. The van der Waals surface area contributed by atoms with E-state index >= 15 is 0 Å². The lowest BCUT2D eigenvalue weighted by Gasteiger charge is -2.38. The number of rotatable bonds is 5. The molecule has 0 unspecified atom stereocenters. The number of piperidine rings is 1. The molecule has 27 heavy (non-hydrogen) atoms. The second-order valence-electron chi connectivity index (χ2n) is 9.84. The second kappa shape index (κ2) is 8.06. The highest BCUT2D eigenvalue weighted by Gasteiger charge is 2.39. The van der Waals surface area contributed by atoms with Crippen molar-refractivity contribution in [2.45, 2.75) is 38.3 Å². The lowest BCUT2D eigenvalue weighted by atomic mass is 9.93. The van der Waals surface area contributed by atoms with Crippen molar-refractivity contribution in [1.29, 1.82) is 0 Å². The van der Waals surface area contributed by atoms with E-state index in [2.05, 4.69) is 42.5 Å². The summed E-state index contributed by atoms with van der Waals surface area (Å²) in [4.78, 5) is 5.65. The molecule has 0 spiro atoms. The first kappa shape index (κ1) is 17.9. The Morgan fingerprint density at radius 2 is 1.56 bits per heavy atom. The van der Waals surface area contributed by atoms with Gasteiger partial charge in [0, 0.05) is 24.3 Å². The maximum atomic E-state index is 2.53. The van der Waals surface area contributed by atoms with Gasteiger partial charge in [0.25, 0.3) is 0 Å². The highest BCUT2D eigenvalue weighted by atomic mass is 15.3. The number of piperazine rings is 1. The van der Waals surface area contributed by atoms with Crippen molar-refractivity contribution in [1.82, 2.24) is 0 Å². The summed E-state index contributed by atoms with van der Waals surface area (Å²) < 4.78 is 0. The summed E-state index contributed by atoms with van der Waals surface area (Å²) in [7, 11) is 0. The summed E-state index contributed by atoms with van der Waals surface area (Å²) in [5.74, 6) is 2.88. The van der Waals surface area contributed by atoms with Gasteiger partial charge in [0.2, 0.25) is 0 Å². The first-order valence-corrected chi connectivity index (χ1v) is 11.6. The van der Waals surface area contributed by atoms with E-state index in [1.54, 1.807) is 4.90 Å². The predicted octanol–water partition coefficient (Wildman–Crippen LogP) is -0.770. The van der Waals surface area contributed by atoms with Crippen LogP contribution in [0.2, 0.25) is 0 Å². The van der Waals surface area contributed by atoms with Gasteiger partial charge in [-0.05, 0) is 24.7 Å². The Labute approximate surface area is 165 Å². The molecule has 0 radical (unpaired) electrons. The zero-order valence-electron chi connectivity index (χ0n) is 16.8. The Morgan fingerprint density at radius 1 is 0.778 bits per heavy atom. The lowest BCUT2D eigenvalue weighted by Crippen LogP contribution is -3.30. The molecule has 0 amide bonds. The molecule has 1 aromatic carbocycles. The summed E-state index contributed by atoms with van der Waals surface area (Å²) in [6.07, 6.45) is 10.9. The maximum Gasteiger partial charge on any atom is 0.127 e. The van der Waals surface area contributed by atoms with Crippen LogP contribution in [-0.2, 0) is 6.54 Å². The standard InChI is InChI=1S/C24H35N3/c1-2-4-20(5-3-1)18-25-10-8-24(9-11-25)27-14-12-26(13-15-27)19-23-17-21-6-7-22(23)16-21/h1-7,21-24H,8-19H2/p+3/t21-,22-,23-/m0/s1. The fourth-order valence-corrected chi connectivity index (χ4v) is 6.53. The molecule has 2 aliphatic carbocycles. The predicted molar refractivity (Wildman–Crippen MR) is 109 cm³/mol. The topological polar surface area (TPSA) is 13.3 Å². The van der Waals surface area contributed by atoms with Crippen LogP contribution in [0.1, 0.15) is 31.2 Å². The average molecular weight is 369 g/mol. The van der Waals surface area contributed by atoms with Gasteiger partial charge >= 0.3 is 0 Å². The number of fused-ring (bicyclic) bond motifs is 2. The summed E-state index contributed by atoms with van der Waals surface area (Å²) in [5.41, 5.74) is 1.51. The van der Waals surface area contributed by atoms with Crippen molar-refractivity contribution >= 4 is 0 Å². The van der Waals surface area contributed by atoms with E-state index in [-0.39, 0.29) is 0 Å². The Balaban J connectivity index is 1.04. The zero-order chi connectivity index (χ0) is 18.1. The molecule has 4 aliphatic rings. The fourth-order valence-electron chi connectivity index (χ4n) is 6.53. The first-order chi connectivity index (χ1) is 13.3. The van der Waals surface area contributed by atoms with Gasteiger partial charge in [0.15, 0.2) is 0 Å². The third kappa shape index (κ3) is 4.16. The Morgan fingerprint density at radius 3 is 2.22 bits per heavy atom. The van der Waals surface area contributed by atoms with Crippen LogP contribution in [-0.4, -0.2) is 51.9 Å². The van der Waals surface area contributed by atoms with Gasteiger partial charge in [-0.1, -0.05) is 42.5 Å². The molecular formula is C24H38N3+3. The molecule has 3 heteroatoms. The maximum absolute atomic E-state index is 2.53. The van der Waals surface area contributed by atoms with Gasteiger partial charge in [0.1, 0.15) is 32.7 Å². The number of hydrogen-bond donors (Lipinski definition) is 3. The fraction of sp³-hybridized carbons (Fsp3) is 0.667. The molecule has 2 saturated heterocycles. The monoisotopic (exact) mass is 368 g/mol. The summed E-state index contributed by atoms with van der Waals surface area (Å²) in [6.45, 7) is 11.1. The third-order valence-corrected chi connectivity index (χ3v) is 8.13. The minimum absolute atomic E-state index is 0.935. The largest absolute Gasteiger partial charge is 0.331 e. The highest BCUT2D eigenvalue weighted by Crippen LogP contribution is 2.42. The number of quaternary nitrogens is 3. The van der Waals surface area contributed by atoms with E-state index in [1.165, 1.54) is 83.6 Å². The third-order valence-electron chi connectivity index (χ3n) is 8.13. The van der Waals surface area contributed by atoms with Gasteiger partial charge in [0.05, 0.1) is 25.7 Å². The van der Waals surface area contributed by atoms with Crippen molar-refractivity contribution in [3.8, 4) is 0 Å². The van der Waals surface area contributed by atoms with Crippen LogP contribution in [0.4, 0.5) is 0 Å². The Kier molecular flexibility index (Phi) is 5.35. The lowest BCUT2D eigenvalue weighted by molar-refractivity contribution is -1.03. The van der Waals surface area contributed by atoms with Crippen molar-refractivity contribution in [2.24, 2.45) is 17.8 Å².